The summed E-state index contributed by atoms with van der Waals surface area (Å²) in [5.41, 5.74) is 0.909. The van der Waals surface area contributed by atoms with Crippen LogP contribution in [0.5, 0.6) is 0 Å². The Balaban J connectivity index is 2.06. The predicted molar refractivity (Wildman–Crippen MR) is 67.6 cm³/mol. The van der Waals surface area contributed by atoms with Gasteiger partial charge in [-0.05, 0) is 5.56 Å². The number of rotatable bonds is 5. The van der Waals surface area contributed by atoms with Crippen LogP contribution < -0.4 is 0 Å². The third-order valence-corrected chi connectivity index (χ3v) is 3.49. The van der Waals surface area contributed by atoms with E-state index in [9.17, 15) is 18.3 Å². The van der Waals surface area contributed by atoms with Gasteiger partial charge in [-0.3, -0.25) is 8.98 Å². The summed E-state index contributed by atoms with van der Waals surface area (Å²) < 4.78 is 26.7. The fourth-order valence-electron chi connectivity index (χ4n) is 2.04. The highest BCUT2D eigenvalue weighted by Crippen LogP contribution is 2.26. The number of likely N-dealkylation sites (tertiary alicyclic amines) is 1. The van der Waals surface area contributed by atoms with Crippen molar-refractivity contribution >= 4 is 16.0 Å². The van der Waals surface area contributed by atoms with Gasteiger partial charge in [0.25, 0.3) is 16.0 Å². The van der Waals surface area contributed by atoms with Gasteiger partial charge in [0.2, 0.25) is 0 Å². The zero-order valence-electron chi connectivity index (χ0n) is 10.4. The first-order valence-corrected chi connectivity index (χ1v) is 7.57. The molecule has 1 saturated heterocycles. The molecule has 19 heavy (non-hydrogen) atoms. The number of aliphatic hydroxyl groups excluding tert-OH is 1. The summed E-state index contributed by atoms with van der Waals surface area (Å²) in [6, 6.07) is 8.64. The van der Waals surface area contributed by atoms with Gasteiger partial charge in [-0.25, -0.2) is 0 Å². The number of hydrogen-bond donors (Lipinski definition) is 1. The fraction of sp³-hybridized carbons (Fsp3) is 0.417. The highest BCUT2D eigenvalue weighted by Gasteiger charge is 2.49. The van der Waals surface area contributed by atoms with Gasteiger partial charge in [-0.15, -0.1) is 0 Å². The second-order valence-electron chi connectivity index (χ2n) is 4.42. The van der Waals surface area contributed by atoms with Gasteiger partial charge in [0.05, 0.1) is 18.9 Å². The van der Waals surface area contributed by atoms with E-state index in [-0.39, 0.29) is 6.61 Å². The molecule has 0 aromatic heterocycles. The molecule has 0 bridgehead atoms. The second-order valence-corrected chi connectivity index (χ2v) is 6.02. The first kappa shape index (κ1) is 14.0. The Morgan fingerprint density at radius 1 is 1.32 bits per heavy atom. The molecule has 7 heteroatoms. The maximum absolute atomic E-state index is 11.8. The van der Waals surface area contributed by atoms with E-state index in [0.717, 1.165) is 11.8 Å². The van der Waals surface area contributed by atoms with Crippen LogP contribution in [0.15, 0.2) is 30.3 Å². The summed E-state index contributed by atoms with van der Waals surface area (Å²) in [5.74, 6) is -0.423. The van der Waals surface area contributed by atoms with Crippen molar-refractivity contribution in [2.45, 2.75) is 18.7 Å². The molecule has 0 spiro atoms. The SMILES string of the molecule is CS(=O)(=O)O[C@H]1C(=O)N(Cc2ccccc2)[C@H]1CO. The molecule has 0 aliphatic carbocycles. The van der Waals surface area contributed by atoms with Crippen molar-refractivity contribution in [2.75, 3.05) is 12.9 Å². The normalized spacial score (nSPS) is 23.3. The van der Waals surface area contributed by atoms with E-state index in [1.54, 1.807) is 0 Å². The zero-order chi connectivity index (χ0) is 14.0. The minimum Gasteiger partial charge on any atom is -0.394 e. The fourth-order valence-corrected chi connectivity index (χ4v) is 2.62. The smallest absolute Gasteiger partial charge is 0.265 e. The molecule has 0 radical (unpaired) electrons. The summed E-state index contributed by atoms with van der Waals surface area (Å²) >= 11 is 0. The first-order valence-electron chi connectivity index (χ1n) is 5.76. The van der Waals surface area contributed by atoms with Crippen LogP contribution in [0.4, 0.5) is 0 Å². The summed E-state index contributed by atoms with van der Waals surface area (Å²) in [6.45, 7) is -0.00666. The molecule has 104 valence electrons. The van der Waals surface area contributed by atoms with Gasteiger partial charge in [-0.2, -0.15) is 8.42 Å². The van der Waals surface area contributed by atoms with Crippen LogP contribution in [0, 0.1) is 0 Å². The summed E-state index contributed by atoms with van der Waals surface area (Å²) in [4.78, 5) is 13.2. The Kier molecular flexibility index (Phi) is 3.88. The quantitative estimate of drug-likeness (QED) is 0.595. The summed E-state index contributed by atoms with van der Waals surface area (Å²) in [7, 11) is -3.72. The van der Waals surface area contributed by atoms with Crippen molar-refractivity contribution in [3.8, 4) is 0 Å². The van der Waals surface area contributed by atoms with E-state index in [1.807, 2.05) is 30.3 Å². The first-order chi connectivity index (χ1) is 8.92. The van der Waals surface area contributed by atoms with Crippen molar-refractivity contribution in [2.24, 2.45) is 0 Å². The standard InChI is InChI=1S/C12H15NO5S/c1-19(16,17)18-11-10(8-14)13(12(11)15)7-9-5-3-2-4-6-9/h2-6,10-11,14H,7-8H2,1H3/t10-,11+/m0/s1. The molecule has 1 aromatic carbocycles. The van der Waals surface area contributed by atoms with E-state index >= 15 is 0 Å². The van der Waals surface area contributed by atoms with E-state index in [0.29, 0.717) is 6.54 Å². The minimum atomic E-state index is -3.72. The van der Waals surface area contributed by atoms with Crippen LogP contribution in [-0.2, 0) is 25.6 Å². The van der Waals surface area contributed by atoms with Crippen LogP contribution >= 0.6 is 0 Å². The lowest BCUT2D eigenvalue weighted by Crippen LogP contribution is -2.66. The average Bonchev–Trinajstić information content (AvgIpc) is 2.37. The van der Waals surface area contributed by atoms with Crippen LogP contribution in [0.1, 0.15) is 5.56 Å². The molecular formula is C12H15NO5S. The number of aliphatic hydroxyl groups is 1. The number of nitrogens with zero attached hydrogens (tertiary/aromatic N) is 1. The molecule has 2 atom stereocenters. The number of β-lactam (4-membered cyclic amide) rings is 1. The Bertz CT molecular complexity index is 557. The number of carbonyl (C=O) groups excluding carboxylic acids is 1. The molecule has 6 nitrogen and oxygen atoms in total. The third kappa shape index (κ3) is 3.12. The Hall–Kier alpha value is -1.44. The van der Waals surface area contributed by atoms with Gasteiger partial charge in [-0.1, -0.05) is 30.3 Å². The Morgan fingerprint density at radius 2 is 1.95 bits per heavy atom. The maximum Gasteiger partial charge on any atom is 0.265 e. The summed E-state index contributed by atoms with van der Waals surface area (Å²) in [6.07, 6.45) is -0.224. The molecule has 0 unspecified atom stereocenters. The molecule has 0 saturated carbocycles. The Morgan fingerprint density at radius 3 is 2.47 bits per heavy atom. The van der Waals surface area contributed by atoms with E-state index < -0.39 is 28.2 Å². The van der Waals surface area contributed by atoms with Crippen molar-refractivity contribution in [3.63, 3.8) is 0 Å². The topological polar surface area (TPSA) is 83.9 Å². The highest BCUT2D eigenvalue weighted by molar-refractivity contribution is 7.86. The van der Waals surface area contributed by atoms with Gasteiger partial charge in [0, 0.05) is 6.54 Å². The Labute approximate surface area is 111 Å². The number of carbonyl (C=O) groups is 1. The molecule has 2 rings (SSSR count). The molecular weight excluding hydrogens is 270 g/mol. The van der Waals surface area contributed by atoms with Crippen LogP contribution in [0.3, 0.4) is 0 Å². The van der Waals surface area contributed by atoms with Gasteiger partial charge in [0.1, 0.15) is 0 Å². The number of amides is 1. The lowest BCUT2D eigenvalue weighted by atomic mass is 9.98. The summed E-state index contributed by atoms with van der Waals surface area (Å²) in [5, 5.41) is 9.25. The molecule has 1 N–H and O–H groups in total. The molecule has 1 aromatic rings. The zero-order valence-corrected chi connectivity index (χ0v) is 11.2. The van der Waals surface area contributed by atoms with Crippen LogP contribution in [-0.4, -0.2) is 49.3 Å². The molecule has 1 fully saturated rings. The average molecular weight is 285 g/mol. The van der Waals surface area contributed by atoms with Crippen molar-refractivity contribution in [1.82, 2.24) is 4.90 Å². The number of benzene rings is 1. The van der Waals surface area contributed by atoms with E-state index in [2.05, 4.69) is 4.18 Å². The van der Waals surface area contributed by atoms with Crippen LogP contribution in [0.2, 0.25) is 0 Å². The maximum atomic E-state index is 11.8. The van der Waals surface area contributed by atoms with Gasteiger partial charge >= 0.3 is 0 Å². The van der Waals surface area contributed by atoms with E-state index in [4.69, 9.17) is 0 Å². The van der Waals surface area contributed by atoms with Crippen molar-refractivity contribution in [3.05, 3.63) is 35.9 Å². The minimum absolute atomic E-state index is 0.328. The molecule has 1 amide bonds. The molecule has 1 heterocycles. The second kappa shape index (κ2) is 5.28. The largest absolute Gasteiger partial charge is 0.394 e. The van der Waals surface area contributed by atoms with Gasteiger partial charge in [0.15, 0.2) is 6.10 Å². The van der Waals surface area contributed by atoms with Crippen molar-refractivity contribution in [1.29, 1.82) is 0 Å². The predicted octanol–water partition coefficient (Wildman–Crippen LogP) is -0.266. The number of hydrogen-bond acceptors (Lipinski definition) is 5. The lowest BCUT2D eigenvalue weighted by molar-refractivity contribution is -0.167. The van der Waals surface area contributed by atoms with Crippen molar-refractivity contribution < 1.29 is 22.5 Å². The molecule has 1 aliphatic rings. The third-order valence-electron chi connectivity index (χ3n) is 2.94. The van der Waals surface area contributed by atoms with E-state index in [1.165, 1.54) is 4.90 Å². The monoisotopic (exact) mass is 285 g/mol. The van der Waals surface area contributed by atoms with Gasteiger partial charge < -0.3 is 10.0 Å². The van der Waals surface area contributed by atoms with Crippen LogP contribution in [0.25, 0.3) is 0 Å². The highest BCUT2D eigenvalue weighted by atomic mass is 32.2. The molecule has 1 aliphatic heterocycles. The lowest BCUT2D eigenvalue weighted by Gasteiger charge is -2.45.